The van der Waals surface area contributed by atoms with E-state index < -0.39 is 53.0 Å². The Bertz CT molecular complexity index is 885. The molecule has 0 amide bonds. The number of alkyl halides is 6. The molecule has 0 radical (unpaired) electrons. The summed E-state index contributed by atoms with van der Waals surface area (Å²) in [5, 5.41) is 9.82. The Labute approximate surface area is 168 Å². The van der Waals surface area contributed by atoms with Crippen LogP contribution in [0.4, 0.5) is 26.3 Å². The molecular weight excluding hydrogens is 414 g/mol. The van der Waals surface area contributed by atoms with Crippen LogP contribution in [0.1, 0.15) is 37.5 Å². The van der Waals surface area contributed by atoms with E-state index in [9.17, 15) is 31.6 Å². The molecular formula is C19H20F6N4O. The number of nitrogens with zero attached hydrogens (tertiary/aromatic N) is 1. The van der Waals surface area contributed by atoms with Crippen LogP contribution in [0.3, 0.4) is 0 Å². The number of hydrogen-bond acceptors (Lipinski definition) is 5. The highest BCUT2D eigenvalue weighted by molar-refractivity contribution is 5.51. The number of hydrazine groups is 1. The number of nitriles is 1. The van der Waals surface area contributed by atoms with Crippen LogP contribution in [0.2, 0.25) is 0 Å². The fraction of sp³-hybridized carbons (Fsp3) is 0.526. The van der Waals surface area contributed by atoms with E-state index in [1.165, 1.54) is 0 Å². The second kappa shape index (κ2) is 7.06. The van der Waals surface area contributed by atoms with Gasteiger partial charge in [-0.25, -0.2) is 5.43 Å². The first-order chi connectivity index (χ1) is 13.7. The van der Waals surface area contributed by atoms with E-state index in [-0.39, 0.29) is 23.1 Å². The fourth-order valence-electron chi connectivity index (χ4n) is 4.64. The van der Waals surface area contributed by atoms with Crippen molar-refractivity contribution in [1.29, 1.82) is 5.26 Å². The molecule has 0 aromatic heterocycles. The van der Waals surface area contributed by atoms with Gasteiger partial charge in [0.15, 0.2) is 6.23 Å². The smallest absolute Gasteiger partial charge is 0.416 e. The van der Waals surface area contributed by atoms with Gasteiger partial charge in [0.05, 0.1) is 11.1 Å². The van der Waals surface area contributed by atoms with Gasteiger partial charge >= 0.3 is 12.4 Å². The van der Waals surface area contributed by atoms with Gasteiger partial charge in [0, 0.05) is 17.4 Å². The maximum absolute atomic E-state index is 13.5. The SMILES string of the molecule is CC1NNC2OC(N)=C(C#N)[C@](c3cc(C(F)(F)F)cc(C(F)(F)F)c3)(C(C)C)C12. The lowest BCUT2D eigenvalue weighted by atomic mass is 9.56. The van der Waals surface area contributed by atoms with Gasteiger partial charge in [-0.15, -0.1) is 0 Å². The number of halogens is 6. The highest BCUT2D eigenvalue weighted by atomic mass is 19.4. The van der Waals surface area contributed by atoms with Gasteiger partial charge in [0.2, 0.25) is 5.88 Å². The van der Waals surface area contributed by atoms with Crippen LogP contribution in [0, 0.1) is 23.2 Å². The lowest BCUT2D eigenvalue weighted by molar-refractivity contribution is -0.143. The van der Waals surface area contributed by atoms with Crippen molar-refractivity contribution in [2.24, 2.45) is 17.6 Å². The number of fused-ring (bicyclic) bond motifs is 1. The van der Waals surface area contributed by atoms with Crippen molar-refractivity contribution in [2.45, 2.75) is 50.8 Å². The highest BCUT2D eigenvalue weighted by Gasteiger charge is 2.59. The molecule has 0 spiro atoms. The van der Waals surface area contributed by atoms with Gasteiger partial charge in [-0.05, 0) is 36.6 Å². The van der Waals surface area contributed by atoms with Crippen molar-refractivity contribution >= 4 is 0 Å². The summed E-state index contributed by atoms with van der Waals surface area (Å²) in [6, 6.07) is 2.86. The zero-order valence-electron chi connectivity index (χ0n) is 16.2. The molecule has 0 aliphatic carbocycles. The maximum Gasteiger partial charge on any atom is 0.416 e. The number of ether oxygens (including phenoxy) is 1. The summed E-state index contributed by atoms with van der Waals surface area (Å²) in [4.78, 5) is 0. The molecule has 11 heteroatoms. The summed E-state index contributed by atoms with van der Waals surface area (Å²) in [6.45, 7) is 4.96. The van der Waals surface area contributed by atoms with E-state index in [2.05, 4.69) is 10.9 Å². The van der Waals surface area contributed by atoms with E-state index in [1.54, 1.807) is 20.8 Å². The third-order valence-corrected chi connectivity index (χ3v) is 5.85. The third-order valence-electron chi connectivity index (χ3n) is 5.85. The number of benzene rings is 1. The summed E-state index contributed by atoms with van der Waals surface area (Å²) >= 11 is 0. The molecule has 1 fully saturated rings. The Balaban J connectivity index is 2.43. The molecule has 1 aromatic rings. The average molecular weight is 434 g/mol. The van der Waals surface area contributed by atoms with Gasteiger partial charge in [-0.2, -0.15) is 31.6 Å². The fourth-order valence-corrected chi connectivity index (χ4v) is 4.64. The second-order valence-electron chi connectivity index (χ2n) is 7.81. The number of hydrogen-bond donors (Lipinski definition) is 3. The molecule has 5 nitrogen and oxygen atoms in total. The van der Waals surface area contributed by atoms with Crippen molar-refractivity contribution in [3.05, 3.63) is 46.3 Å². The van der Waals surface area contributed by atoms with Crippen molar-refractivity contribution in [2.75, 3.05) is 0 Å². The Hall–Kier alpha value is -2.45. The monoisotopic (exact) mass is 434 g/mol. The summed E-state index contributed by atoms with van der Waals surface area (Å²) in [5.41, 5.74) is 6.69. The zero-order valence-corrected chi connectivity index (χ0v) is 16.2. The largest absolute Gasteiger partial charge is 0.458 e. The standard InChI is InChI=1S/C19H20F6N4O/c1-8(2)17(13(7-26)15(27)30-16-14(17)9(3)28-29-16)10-4-11(18(20,21)22)6-12(5-10)19(23,24)25/h4-6,8-9,14,16,28-29H,27H2,1-3H3/t9?,14?,16?,17-/m1/s1. The molecule has 2 heterocycles. The van der Waals surface area contributed by atoms with Crippen LogP contribution in [-0.2, 0) is 22.5 Å². The van der Waals surface area contributed by atoms with Gasteiger partial charge in [0.25, 0.3) is 0 Å². The van der Waals surface area contributed by atoms with E-state index in [1.807, 2.05) is 6.07 Å². The lowest BCUT2D eigenvalue weighted by Gasteiger charge is -2.49. The summed E-state index contributed by atoms with van der Waals surface area (Å²) < 4.78 is 86.6. The van der Waals surface area contributed by atoms with Crippen LogP contribution in [0.5, 0.6) is 0 Å². The van der Waals surface area contributed by atoms with Crippen molar-refractivity contribution in [1.82, 2.24) is 10.9 Å². The number of nitrogens with two attached hydrogens (primary N) is 1. The molecule has 4 N–H and O–H groups in total. The molecule has 0 bridgehead atoms. The molecule has 1 aromatic carbocycles. The predicted molar refractivity (Wildman–Crippen MR) is 93.9 cm³/mol. The van der Waals surface area contributed by atoms with Gasteiger partial charge < -0.3 is 10.5 Å². The molecule has 1 saturated heterocycles. The molecule has 30 heavy (non-hydrogen) atoms. The number of rotatable bonds is 2. The molecule has 4 atom stereocenters. The minimum atomic E-state index is -5.02. The van der Waals surface area contributed by atoms with Crippen molar-refractivity contribution in [3.8, 4) is 6.07 Å². The first-order valence-corrected chi connectivity index (χ1v) is 9.12. The Morgan fingerprint density at radius 1 is 1.07 bits per heavy atom. The van der Waals surface area contributed by atoms with E-state index in [0.29, 0.717) is 12.1 Å². The van der Waals surface area contributed by atoms with Crippen LogP contribution in [0.25, 0.3) is 0 Å². The molecule has 164 valence electrons. The average Bonchev–Trinajstić information content (AvgIpc) is 2.99. The van der Waals surface area contributed by atoms with E-state index in [0.717, 1.165) is 0 Å². The van der Waals surface area contributed by atoms with Crippen molar-refractivity contribution < 1.29 is 31.1 Å². The summed E-state index contributed by atoms with van der Waals surface area (Å²) in [7, 11) is 0. The Morgan fingerprint density at radius 2 is 1.60 bits per heavy atom. The first kappa shape index (κ1) is 22.2. The third kappa shape index (κ3) is 3.28. The molecule has 0 saturated carbocycles. The normalized spacial score (nSPS) is 29.6. The Kier molecular flexibility index (Phi) is 5.23. The van der Waals surface area contributed by atoms with Crippen LogP contribution in [-0.4, -0.2) is 12.3 Å². The van der Waals surface area contributed by atoms with Crippen LogP contribution in [0.15, 0.2) is 29.7 Å². The van der Waals surface area contributed by atoms with Crippen molar-refractivity contribution in [3.63, 3.8) is 0 Å². The van der Waals surface area contributed by atoms with Crippen LogP contribution >= 0.6 is 0 Å². The maximum atomic E-state index is 13.5. The van der Waals surface area contributed by atoms with Gasteiger partial charge in [0.1, 0.15) is 11.6 Å². The second-order valence-corrected chi connectivity index (χ2v) is 7.81. The lowest BCUT2D eigenvalue weighted by Crippen LogP contribution is -2.55. The van der Waals surface area contributed by atoms with Crippen LogP contribution < -0.4 is 16.6 Å². The number of nitrogens with one attached hydrogen (secondary N) is 2. The minimum Gasteiger partial charge on any atom is -0.458 e. The highest BCUT2D eigenvalue weighted by Crippen LogP contribution is 2.54. The molecule has 2 aliphatic rings. The molecule has 3 rings (SSSR count). The van der Waals surface area contributed by atoms with Gasteiger partial charge in [-0.3, -0.25) is 5.43 Å². The molecule has 2 aliphatic heterocycles. The van der Waals surface area contributed by atoms with Gasteiger partial charge in [-0.1, -0.05) is 13.8 Å². The first-order valence-electron chi connectivity index (χ1n) is 9.12. The number of allylic oxidation sites excluding steroid dienone is 1. The minimum absolute atomic E-state index is 0.0715. The Morgan fingerprint density at radius 3 is 2.03 bits per heavy atom. The summed E-state index contributed by atoms with van der Waals surface area (Å²) in [6.07, 6.45) is -10.9. The summed E-state index contributed by atoms with van der Waals surface area (Å²) in [5.74, 6) is -1.62. The quantitative estimate of drug-likeness (QED) is 0.618. The topological polar surface area (TPSA) is 83.1 Å². The van der Waals surface area contributed by atoms with E-state index >= 15 is 0 Å². The molecule has 3 unspecified atom stereocenters. The predicted octanol–water partition coefficient (Wildman–Crippen LogP) is 3.78. The zero-order chi connectivity index (χ0) is 22.6. The van der Waals surface area contributed by atoms with E-state index in [4.69, 9.17) is 10.5 Å².